The number of aliphatic hydroxyl groups excluding tert-OH is 1. The predicted molar refractivity (Wildman–Crippen MR) is 70.2 cm³/mol. The molecule has 0 amide bonds. The van der Waals surface area contributed by atoms with Gasteiger partial charge < -0.3 is 20.1 Å². The van der Waals surface area contributed by atoms with Gasteiger partial charge in [0.15, 0.2) is 0 Å². The molecule has 0 bridgehead atoms. The molecule has 0 radical (unpaired) electrons. The van der Waals surface area contributed by atoms with E-state index in [1.165, 1.54) is 32.5 Å². The van der Waals surface area contributed by atoms with Crippen LogP contribution < -0.4 is 5.32 Å². The lowest BCUT2D eigenvalue weighted by molar-refractivity contribution is 0.0423. The molecule has 0 aromatic carbocycles. The highest BCUT2D eigenvalue weighted by Crippen LogP contribution is 2.09. The number of rotatable bonds is 9. The van der Waals surface area contributed by atoms with E-state index in [0.717, 1.165) is 6.54 Å². The maximum atomic E-state index is 9.58. The average Bonchev–Trinajstić information content (AvgIpc) is 2.79. The van der Waals surface area contributed by atoms with Crippen LogP contribution in [-0.2, 0) is 4.74 Å². The van der Waals surface area contributed by atoms with Gasteiger partial charge in [-0.3, -0.25) is 0 Å². The Balaban J connectivity index is 1.97. The summed E-state index contributed by atoms with van der Waals surface area (Å²) in [5, 5.41) is 12.9. The van der Waals surface area contributed by atoms with Gasteiger partial charge in [-0.25, -0.2) is 0 Å². The van der Waals surface area contributed by atoms with Gasteiger partial charge in [-0.2, -0.15) is 0 Å². The summed E-state index contributed by atoms with van der Waals surface area (Å²) < 4.78 is 5.16. The molecule has 0 aliphatic carbocycles. The first kappa shape index (κ1) is 14.9. The van der Waals surface area contributed by atoms with Crippen molar-refractivity contribution < 1.29 is 9.84 Å². The number of nitrogens with one attached hydrogen (secondary N) is 1. The summed E-state index contributed by atoms with van der Waals surface area (Å²) in [6, 6.07) is 0. The van der Waals surface area contributed by atoms with Gasteiger partial charge >= 0.3 is 0 Å². The summed E-state index contributed by atoms with van der Waals surface area (Å²) in [4.78, 5) is 2.53. The highest BCUT2D eigenvalue weighted by Gasteiger charge is 2.14. The van der Waals surface area contributed by atoms with Crippen molar-refractivity contribution >= 4 is 0 Å². The lowest BCUT2D eigenvalue weighted by Crippen LogP contribution is -2.36. The Morgan fingerprint density at radius 1 is 1.29 bits per heavy atom. The Bertz CT molecular complexity index is 184. The van der Waals surface area contributed by atoms with Crippen LogP contribution in [0.25, 0.3) is 0 Å². The summed E-state index contributed by atoms with van der Waals surface area (Å²) in [5.41, 5.74) is 0. The maximum Gasteiger partial charge on any atom is 0.0897 e. The molecule has 102 valence electrons. The van der Waals surface area contributed by atoms with E-state index in [2.05, 4.69) is 17.1 Å². The molecule has 1 fully saturated rings. The third kappa shape index (κ3) is 6.99. The number of nitrogens with zero attached hydrogens (tertiary/aromatic N) is 1. The van der Waals surface area contributed by atoms with Gasteiger partial charge in [-0.05, 0) is 45.3 Å². The summed E-state index contributed by atoms with van der Waals surface area (Å²) in [6.45, 7) is 10.6. The topological polar surface area (TPSA) is 44.7 Å². The molecular formula is C13H28N2O2. The molecule has 17 heavy (non-hydrogen) atoms. The van der Waals surface area contributed by atoms with Crippen molar-refractivity contribution in [2.45, 2.75) is 32.8 Å². The minimum Gasteiger partial charge on any atom is -0.389 e. The molecule has 2 unspecified atom stereocenters. The summed E-state index contributed by atoms with van der Waals surface area (Å²) in [7, 11) is 0. The van der Waals surface area contributed by atoms with Crippen LogP contribution in [0.1, 0.15) is 26.7 Å². The van der Waals surface area contributed by atoms with E-state index >= 15 is 0 Å². The quantitative estimate of drug-likeness (QED) is 0.627. The number of hydrogen-bond acceptors (Lipinski definition) is 4. The lowest BCUT2D eigenvalue weighted by Gasteiger charge is -2.21. The van der Waals surface area contributed by atoms with Crippen LogP contribution >= 0.6 is 0 Å². The molecule has 1 heterocycles. The summed E-state index contributed by atoms with van der Waals surface area (Å²) in [6.07, 6.45) is 2.33. The fraction of sp³-hybridized carbons (Fsp3) is 1.00. The molecule has 1 rings (SSSR count). The van der Waals surface area contributed by atoms with Gasteiger partial charge in [0, 0.05) is 19.7 Å². The lowest BCUT2D eigenvalue weighted by atomic mass is 10.1. The SMILES string of the molecule is CCOCC(O)CNCC(C)CN1CCCC1. The van der Waals surface area contributed by atoms with Crippen LogP contribution in [0.3, 0.4) is 0 Å². The molecule has 4 nitrogen and oxygen atoms in total. The highest BCUT2D eigenvalue weighted by atomic mass is 16.5. The molecule has 2 N–H and O–H groups in total. The van der Waals surface area contributed by atoms with Gasteiger partial charge in [0.25, 0.3) is 0 Å². The third-order valence-electron chi connectivity index (χ3n) is 3.16. The molecule has 2 atom stereocenters. The van der Waals surface area contributed by atoms with Crippen molar-refractivity contribution in [3.8, 4) is 0 Å². The molecule has 1 saturated heterocycles. The number of likely N-dealkylation sites (tertiary alicyclic amines) is 1. The first-order valence-electron chi connectivity index (χ1n) is 6.91. The highest BCUT2D eigenvalue weighted by molar-refractivity contribution is 4.70. The van der Waals surface area contributed by atoms with Crippen molar-refractivity contribution in [1.82, 2.24) is 10.2 Å². The first-order chi connectivity index (χ1) is 8.22. The molecule has 1 aliphatic heterocycles. The number of aliphatic hydroxyl groups is 1. The van der Waals surface area contributed by atoms with Crippen LogP contribution in [0, 0.1) is 5.92 Å². The third-order valence-corrected chi connectivity index (χ3v) is 3.16. The number of hydrogen-bond donors (Lipinski definition) is 2. The maximum absolute atomic E-state index is 9.58. The van der Waals surface area contributed by atoms with Crippen molar-refractivity contribution in [2.75, 3.05) is 45.9 Å². The Morgan fingerprint density at radius 3 is 2.65 bits per heavy atom. The van der Waals surface area contributed by atoms with Crippen LogP contribution in [-0.4, -0.2) is 62.0 Å². The van der Waals surface area contributed by atoms with Crippen molar-refractivity contribution in [2.24, 2.45) is 5.92 Å². The van der Waals surface area contributed by atoms with Gasteiger partial charge in [0.05, 0.1) is 12.7 Å². The molecule has 4 heteroatoms. The second-order valence-corrected chi connectivity index (χ2v) is 5.08. The Kier molecular flexibility index (Phi) is 7.77. The second-order valence-electron chi connectivity index (χ2n) is 5.08. The fourth-order valence-corrected chi connectivity index (χ4v) is 2.28. The van der Waals surface area contributed by atoms with Crippen molar-refractivity contribution in [1.29, 1.82) is 0 Å². The zero-order valence-corrected chi connectivity index (χ0v) is 11.3. The summed E-state index contributed by atoms with van der Waals surface area (Å²) in [5.74, 6) is 0.646. The van der Waals surface area contributed by atoms with Crippen LogP contribution in [0.5, 0.6) is 0 Å². The van der Waals surface area contributed by atoms with Crippen molar-refractivity contribution in [3.63, 3.8) is 0 Å². The molecule has 0 aromatic rings. The van der Waals surface area contributed by atoms with E-state index in [4.69, 9.17) is 4.74 Å². The van der Waals surface area contributed by atoms with Crippen LogP contribution in [0.15, 0.2) is 0 Å². The fourth-order valence-electron chi connectivity index (χ4n) is 2.28. The first-order valence-corrected chi connectivity index (χ1v) is 6.91. The van der Waals surface area contributed by atoms with E-state index in [1.807, 2.05) is 6.92 Å². The van der Waals surface area contributed by atoms with Gasteiger partial charge in [-0.15, -0.1) is 0 Å². The Morgan fingerprint density at radius 2 is 2.00 bits per heavy atom. The molecule has 1 aliphatic rings. The van der Waals surface area contributed by atoms with Gasteiger partial charge in [0.2, 0.25) is 0 Å². The zero-order chi connectivity index (χ0) is 12.5. The van der Waals surface area contributed by atoms with E-state index in [-0.39, 0.29) is 6.10 Å². The minimum absolute atomic E-state index is 0.381. The van der Waals surface area contributed by atoms with E-state index in [1.54, 1.807) is 0 Å². The zero-order valence-electron chi connectivity index (χ0n) is 11.3. The minimum atomic E-state index is -0.381. The molecule has 0 aromatic heterocycles. The van der Waals surface area contributed by atoms with E-state index < -0.39 is 0 Å². The number of ether oxygens (including phenoxy) is 1. The molecular weight excluding hydrogens is 216 g/mol. The van der Waals surface area contributed by atoms with Gasteiger partial charge in [0.1, 0.15) is 0 Å². The average molecular weight is 244 g/mol. The van der Waals surface area contributed by atoms with Crippen LogP contribution in [0.2, 0.25) is 0 Å². The standard InChI is InChI=1S/C13H28N2O2/c1-3-17-11-13(16)9-14-8-12(2)10-15-6-4-5-7-15/h12-14,16H,3-11H2,1-2H3. The van der Waals surface area contributed by atoms with E-state index in [9.17, 15) is 5.11 Å². The normalized spacial score (nSPS) is 20.6. The molecule has 0 spiro atoms. The van der Waals surface area contributed by atoms with E-state index in [0.29, 0.717) is 25.7 Å². The Hall–Kier alpha value is -0.160. The van der Waals surface area contributed by atoms with Gasteiger partial charge in [-0.1, -0.05) is 6.92 Å². The largest absolute Gasteiger partial charge is 0.389 e. The monoisotopic (exact) mass is 244 g/mol. The Labute approximate surface area is 105 Å². The second kappa shape index (κ2) is 8.86. The molecule has 0 saturated carbocycles. The predicted octanol–water partition coefficient (Wildman–Crippen LogP) is 0.705. The smallest absolute Gasteiger partial charge is 0.0897 e. The van der Waals surface area contributed by atoms with Crippen LogP contribution in [0.4, 0.5) is 0 Å². The van der Waals surface area contributed by atoms with Crippen molar-refractivity contribution in [3.05, 3.63) is 0 Å². The summed E-state index contributed by atoms with van der Waals surface area (Å²) >= 11 is 0.